The van der Waals surface area contributed by atoms with Crippen LogP contribution in [-0.4, -0.2) is 19.5 Å². The van der Waals surface area contributed by atoms with Gasteiger partial charge in [-0.2, -0.15) is 0 Å². The molecular formula is C15H22O3. The molecule has 100 valence electrons. The molecule has 0 saturated carbocycles. The summed E-state index contributed by atoms with van der Waals surface area (Å²) in [5.41, 5.74) is 1.12. The third kappa shape index (κ3) is 5.32. The molecule has 1 rings (SSSR count). The molecule has 0 N–H and O–H groups in total. The molecule has 0 aromatic heterocycles. The smallest absolute Gasteiger partial charge is 0.132 e. The van der Waals surface area contributed by atoms with E-state index in [4.69, 9.17) is 9.47 Å². The number of hydrogen-bond acceptors (Lipinski definition) is 3. The summed E-state index contributed by atoms with van der Waals surface area (Å²) in [6.45, 7) is 5.14. The van der Waals surface area contributed by atoms with Crippen LogP contribution in [0.2, 0.25) is 0 Å². The summed E-state index contributed by atoms with van der Waals surface area (Å²) in [5, 5.41) is 0. The fourth-order valence-electron chi connectivity index (χ4n) is 1.69. The van der Waals surface area contributed by atoms with E-state index in [2.05, 4.69) is 0 Å². The molecule has 1 aromatic carbocycles. The predicted octanol–water partition coefficient (Wildman–Crippen LogP) is 3.22. The summed E-state index contributed by atoms with van der Waals surface area (Å²) in [6, 6.07) is 7.81. The van der Waals surface area contributed by atoms with Crippen molar-refractivity contribution in [3.05, 3.63) is 29.8 Å². The molecule has 3 nitrogen and oxygen atoms in total. The van der Waals surface area contributed by atoms with Crippen molar-refractivity contribution in [1.29, 1.82) is 0 Å². The molecule has 0 amide bonds. The first-order valence-corrected chi connectivity index (χ1v) is 6.38. The topological polar surface area (TPSA) is 35.5 Å². The van der Waals surface area contributed by atoms with Gasteiger partial charge in [0.15, 0.2) is 0 Å². The molecule has 0 unspecified atom stereocenters. The first-order valence-electron chi connectivity index (χ1n) is 6.38. The van der Waals surface area contributed by atoms with E-state index < -0.39 is 0 Å². The van der Waals surface area contributed by atoms with Gasteiger partial charge in [0.25, 0.3) is 0 Å². The number of Topliss-reactive ketones (excluding diaryl/α,β-unsaturated/α-hetero) is 1. The van der Waals surface area contributed by atoms with Crippen molar-refractivity contribution >= 4 is 5.78 Å². The highest BCUT2D eigenvalue weighted by Gasteiger charge is 2.07. The highest BCUT2D eigenvalue weighted by atomic mass is 16.5. The molecule has 0 heterocycles. The molecule has 18 heavy (non-hydrogen) atoms. The van der Waals surface area contributed by atoms with E-state index in [0.717, 1.165) is 11.3 Å². The quantitative estimate of drug-likeness (QED) is 0.710. The minimum absolute atomic E-state index is 0.288. The van der Waals surface area contributed by atoms with E-state index in [-0.39, 0.29) is 5.92 Å². The summed E-state index contributed by atoms with van der Waals surface area (Å²) >= 11 is 0. The summed E-state index contributed by atoms with van der Waals surface area (Å²) in [4.78, 5) is 11.3. The SMILES string of the molecule is CCC(=O)C[C@@H](C)COCc1ccc(OC)cc1. The lowest BCUT2D eigenvalue weighted by atomic mass is 10.0. The lowest BCUT2D eigenvalue weighted by molar-refractivity contribution is -0.120. The van der Waals surface area contributed by atoms with E-state index in [9.17, 15) is 4.79 Å². The Labute approximate surface area is 109 Å². The average Bonchev–Trinajstić information content (AvgIpc) is 2.39. The lowest BCUT2D eigenvalue weighted by Crippen LogP contribution is -2.11. The van der Waals surface area contributed by atoms with Crippen LogP contribution in [0.25, 0.3) is 0 Å². The van der Waals surface area contributed by atoms with Crippen LogP contribution >= 0.6 is 0 Å². The van der Waals surface area contributed by atoms with Gasteiger partial charge in [0.2, 0.25) is 0 Å². The molecule has 0 fully saturated rings. The zero-order valence-corrected chi connectivity index (χ0v) is 11.4. The first-order chi connectivity index (χ1) is 8.65. The van der Waals surface area contributed by atoms with E-state index in [1.54, 1.807) is 7.11 Å². The Hall–Kier alpha value is -1.35. The normalized spacial score (nSPS) is 12.2. The monoisotopic (exact) mass is 250 g/mol. The van der Waals surface area contributed by atoms with Gasteiger partial charge in [0.1, 0.15) is 11.5 Å². The fourth-order valence-corrected chi connectivity index (χ4v) is 1.69. The largest absolute Gasteiger partial charge is 0.497 e. The van der Waals surface area contributed by atoms with Gasteiger partial charge in [-0.1, -0.05) is 26.0 Å². The van der Waals surface area contributed by atoms with Gasteiger partial charge in [0.05, 0.1) is 13.7 Å². The molecule has 1 aromatic rings. The number of rotatable bonds is 8. The average molecular weight is 250 g/mol. The first kappa shape index (κ1) is 14.7. The predicted molar refractivity (Wildman–Crippen MR) is 71.7 cm³/mol. The maximum Gasteiger partial charge on any atom is 0.132 e. The van der Waals surface area contributed by atoms with Gasteiger partial charge < -0.3 is 9.47 Å². The Morgan fingerprint density at radius 3 is 2.50 bits per heavy atom. The second-order valence-electron chi connectivity index (χ2n) is 4.56. The summed E-state index contributed by atoms with van der Waals surface area (Å²) in [6.07, 6.45) is 1.22. The van der Waals surface area contributed by atoms with Crippen LogP contribution in [0.4, 0.5) is 0 Å². The van der Waals surface area contributed by atoms with Crippen LogP contribution in [0.3, 0.4) is 0 Å². The number of hydrogen-bond donors (Lipinski definition) is 0. The van der Waals surface area contributed by atoms with Gasteiger partial charge in [-0.05, 0) is 23.6 Å². The van der Waals surface area contributed by atoms with E-state index in [0.29, 0.717) is 31.8 Å². The van der Waals surface area contributed by atoms with Crippen molar-refractivity contribution in [3.63, 3.8) is 0 Å². The van der Waals surface area contributed by atoms with E-state index in [1.165, 1.54) is 0 Å². The Morgan fingerprint density at radius 1 is 1.28 bits per heavy atom. The van der Waals surface area contributed by atoms with Gasteiger partial charge in [-0.15, -0.1) is 0 Å². The van der Waals surface area contributed by atoms with Crippen molar-refractivity contribution in [1.82, 2.24) is 0 Å². The van der Waals surface area contributed by atoms with E-state index in [1.807, 2.05) is 38.1 Å². The molecule has 0 spiro atoms. The summed E-state index contributed by atoms with van der Waals surface area (Å²) in [7, 11) is 1.65. The number of carbonyl (C=O) groups is 1. The van der Waals surface area contributed by atoms with Crippen LogP contribution in [-0.2, 0) is 16.1 Å². The standard InChI is InChI=1S/C15H22O3/c1-4-14(16)9-12(2)10-18-11-13-5-7-15(17-3)8-6-13/h5-8,12H,4,9-11H2,1-3H3/t12-/m1/s1. The summed E-state index contributed by atoms with van der Waals surface area (Å²) in [5.74, 6) is 1.44. The molecule has 0 bridgehead atoms. The number of ketones is 1. The Bertz CT molecular complexity index is 357. The van der Waals surface area contributed by atoms with Crippen molar-refractivity contribution in [3.8, 4) is 5.75 Å². The molecule has 0 aliphatic rings. The van der Waals surface area contributed by atoms with Crippen LogP contribution < -0.4 is 4.74 Å². The number of carbonyl (C=O) groups excluding carboxylic acids is 1. The van der Waals surface area contributed by atoms with Crippen molar-refractivity contribution in [2.75, 3.05) is 13.7 Å². The minimum Gasteiger partial charge on any atom is -0.497 e. The molecule has 1 atom stereocenters. The van der Waals surface area contributed by atoms with Crippen LogP contribution in [0.15, 0.2) is 24.3 Å². The zero-order valence-electron chi connectivity index (χ0n) is 11.4. The molecule has 0 aliphatic heterocycles. The zero-order chi connectivity index (χ0) is 13.4. The van der Waals surface area contributed by atoms with Crippen molar-refractivity contribution < 1.29 is 14.3 Å². The Kier molecular flexibility index (Phi) is 6.44. The molecule has 0 radical (unpaired) electrons. The van der Waals surface area contributed by atoms with Gasteiger partial charge >= 0.3 is 0 Å². The van der Waals surface area contributed by atoms with E-state index >= 15 is 0 Å². The van der Waals surface area contributed by atoms with Crippen LogP contribution in [0.5, 0.6) is 5.75 Å². The number of ether oxygens (including phenoxy) is 2. The number of methoxy groups -OCH3 is 1. The summed E-state index contributed by atoms with van der Waals surface area (Å²) < 4.78 is 10.7. The molecule has 0 aliphatic carbocycles. The molecular weight excluding hydrogens is 228 g/mol. The lowest BCUT2D eigenvalue weighted by Gasteiger charge is -2.11. The highest BCUT2D eigenvalue weighted by Crippen LogP contribution is 2.13. The Morgan fingerprint density at radius 2 is 1.94 bits per heavy atom. The van der Waals surface area contributed by atoms with Gasteiger partial charge in [-0.25, -0.2) is 0 Å². The van der Waals surface area contributed by atoms with Crippen LogP contribution in [0, 0.1) is 5.92 Å². The second-order valence-corrected chi connectivity index (χ2v) is 4.56. The number of benzene rings is 1. The molecule has 0 saturated heterocycles. The maximum atomic E-state index is 11.3. The van der Waals surface area contributed by atoms with Crippen LogP contribution in [0.1, 0.15) is 32.3 Å². The maximum absolute atomic E-state index is 11.3. The highest BCUT2D eigenvalue weighted by molar-refractivity contribution is 5.78. The molecule has 3 heteroatoms. The van der Waals surface area contributed by atoms with Crippen molar-refractivity contribution in [2.24, 2.45) is 5.92 Å². The third-order valence-corrected chi connectivity index (χ3v) is 2.80. The van der Waals surface area contributed by atoms with Gasteiger partial charge in [0, 0.05) is 19.4 Å². The third-order valence-electron chi connectivity index (χ3n) is 2.80. The Balaban J connectivity index is 2.26. The fraction of sp³-hybridized carbons (Fsp3) is 0.533. The van der Waals surface area contributed by atoms with Crippen molar-refractivity contribution in [2.45, 2.75) is 33.3 Å². The van der Waals surface area contributed by atoms with Gasteiger partial charge in [-0.3, -0.25) is 4.79 Å². The second kappa shape index (κ2) is 7.88. The minimum atomic E-state index is 0.288.